The van der Waals surface area contributed by atoms with Crippen molar-refractivity contribution >= 4 is 33.1 Å². The van der Waals surface area contributed by atoms with E-state index >= 15 is 0 Å². The molecule has 0 radical (unpaired) electrons. The summed E-state index contributed by atoms with van der Waals surface area (Å²) in [5, 5.41) is 11.4. The van der Waals surface area contributed by atoms with Crippen LogP contribution >= 0.6 is 0 Å². The monoisotopic (exact) mass is 586 g/mol. The number of benzene rings is 1. The number of pyridine rings is 1. The molecular weight excluding hydrogens is 541 g/mol. The highest BCUT2D eigenvalue weighted by atomic mass is 28.4. The van der Waals surface area contributed by atoms with Crippen LogP contribution in [0.3, 0.4) is 0 Å². The number of imidazole rings is 1. The molecule has 1 atom stereocenters. The lowest BCUT2D eigenvalue weighted by Gasteiger charge is -2.40. The Balaban J connectivity index is 2.13. The first-order valence-electron chi connectivity index (χ1n) is 14.0. The molecule has 0 N–H and O–H groups in total. The fourth-order valence-corrected chi connectivity index (χ4v) is 6.38. The van der Waals surface area contributed by atoms with Crippen molar-refractivity contribution < 1.29 is 14.1 Å². The van der Waals surface area contributed by atoms with Crippen molar-refractivity contribution in [2.75, 3.05) is 6.61 Å². The molecule has 3 aromatic rings. The quantitative estimate of drug-likeness (QED) is 0.0964. The topological polar surface area (TPSA) is 101 Å². The van der Waals surface area contributed by atoms with Gasteiger partial charge < -0.3 is 18.3 Å². The fourth-order valence-electron chi connectivity index (χ4n) is 4.24. The Bertz CT molecular complexity index is 1400. The Labute approximate surface area is 239 Å². The number of ether oxygens (including phenoxy) is 1. The van der Waals surface area contributed by atoms with Crippen LogP contribution in [0.15, 0.2) is 41.3 Å². The van der Waals surface area contributed by atoms with Gasteiger partial charge in [0.1, 0.15) is 12.6 Å². The molecule has 1 unspecified atom stereocenters. The van der Waals surface area contributed by atoms with Gasteiger partial charge in [0.15, 0.2) is 8.32 Å². The summed E-state index contributed by atoms with van der Waals surface area (Å²) in [6, 6.07) is 9.88. The Morgan fingerprint density at radius 2 is 1.75 bits per heavy atom. The summed E-state index contributed by atoms with van der Waals surface area (Å²) < 4.78 is 16.4. The minimum atomic E-state index is -2.10. The lowest BCUT2D eigenvalue weighted by Crippen LogP contribution is -2.42. The highest BCUT2D eigenvalue weighted by Crippen LogP contribution is 2.42. The van der Waals surface area contributed by atoms with Crippen LogP contribution < -0.4 is 5.56 Å². The highest BCUT2D eigenvalue weighted by Gasteiger charge is 2.40. The van der Waals surface area contributed by atoms with Gasteiger partial charge in [0, 0.05) is 32.5 Å². The van der Waals surface area contributed by atoms with Crippen LogP contribution in [-0.2, 0) is 22.4 Å². The van der Waals surface area contributed by atoms with E-state index in [2.05, 4.69) is 73.4 Å². The number of para-hydroxylation sites is 1. The van der Waals surface area contributed by atoms with Crippen LogP contribution in [-0.4, -0.2) is 42.0 Å². The first-order chi connectivity index (χ1) is 18.4. The average Bonchev–Trinajstić information content (AvgIpc) is 3.17. The van der Waals surface area contributed by atoms with Gasteiger partial charge in [-0.25, -0.2) is 4.98 Å². The smallest absolute Gasteiger partial charge is 0.334 e. The Hall–Kier alpha value is -2.61. The predicted octanol–water partition coefficient (Wildman–Crippen LogP) is 7.19. The molecule has 40 heavy (non-hydrogen) atoms. The second-order valence-electron chi connectivity index (χ2n) is 13.6. The third-order valence-corrected chi connectivity index (χ3v) is 13.9. The standard InChI is InChI=1S/C29H46N4O5Si2/c1-21(2)27(38-40(9,10)29(3,4)5)22-13-11-14-23-26(22)30-25(32(23)20-37-17-18-39(6,7)8)19-31-16-12-15-24(28(31)34)33(35)36/h11-16,21,27H,17-20H2,1-10H3. The molecule has 9 nitrogen and oxygen atoms in total. The zero-order valence-electron chi connectivity index (χ0n) is 25.8. The van der Waals surface area contributed by atoms with E-state index < -0.39 is 32.6 Å². The Morgan fingerprint density at radius 1 is 1.07 bits per heavy atom. The van der Waals surface area contributed by atoms with E-state index in [4.69, 9.17) is 14.1 Å². The molecule has 0 amide bonds. The lowest BCUT2D eigenvalue weighted by atomic mass is 9.98. The van der Waals surface area contributed by atoms with Gasteiger partial charge in [0.05, 0.1) is 28.6 Å². The van der Waals surface area contributed by atoms with E-state index in [9.17, 15) is 14.9 Å². The maximum atomic E-state index is 12.9. The van der Waals surface area contributed by atoms with Gasteiger partial charge >= 0.3 is 11.2 Å². The SMILES string of the molecule is CC(C)C(O[Si](C)(C)C(C)(C)C)c1cccc2c1nc(Cn1cccc([N+](=O)[O-])c1=O)n2COCC[Si](C)(C)C. The number of hydrogen-bond donors (Lipinski definition) is 0. The van der Waals surface area contributed by atoms with Crippen LogP contribution in [0.5, 0.6) is 0 Å². The minimum Gasteiger partial charge on any atom is -0.410 e. The van der Waals surface area contributed by atoms with E-state index in [1.165, 1.54) is 16.7 Å². The molecule has 0 aliphatic rings. The molecule has 220 valence electrons. The summed E-state index contributed by atoms with van der Waals surface area (Å²) in [6.45, 7) is 23.5. The molecule has 2 heterocycles. The fraction of sp³-hybridized carbons (Fsp3) is 0.586. The molecule has 0 aliphatic carbocycles. The number of hydrogen-bond acceptors (Lipinski definition) is 6. The molecule has 2 aromatic heterocycles. The van der Waals surface area contributed by atoms with Crippen molar-refractivity contribution in [3.8, 4) is 0 Å². The van der Waals surface area contributed by atoms with Crippen LogP contribution in [0, 0.1) is 16.0 Å². The molecule has 0 aliphatic heterocycles. The second kappa shape index (κ2) is 12.1. The zero-order chi connectivity index (χ0) is 30.0. The van der Waals surface area contributed by atoms with Crippen LogP contribution in [0.4, 0.5) is 5.69 Å². The van der Waals surface area contributed by atoms with Gasteiger partial charge in [0.25, 0.3) is 0 Å². The Morgan fingerprint density at radius 3 is 2.33 bits per heavy atom. The van der Waals surface area contributed by atoms with E-state index in [0.29, 0.717) is 12.4 Å². The largest absolute Gasteiger partial charge is 0.410 e. The van der Waals surface area contributed by atoms with Crippen LogP contribution in [0.25, 0.3) is 11.0 Å². The van der Waals surface area contributed by atoms with E-state index in [1.54, 1.807) is 6.20 Å². The molecule has 0 saturated carbocycles. The third kappa shape index (κ3) is 7.37. The third-order valence-electron chi connectivity index (χ3n) is 7.75. The summed E-state index contributed by atoms with van der Waals surface area (Å²) >= 11 is 0. The summed E-state index contributed by atoms with van der Waals surface area (Å²) in [5.74, 6) is 0.814. The first kappa shape index (κ1) is 31.9. The van der Waals surface area contributed by atoms with E-state index in [1.807, 2.05) is 16.7 Å². The zero-order valence-corrected chi connectivity index (χ0v) is 27.8. The van der Waals surface area contributed by atoms with Gasteiger partial charge in [-0.1, -0.05) is 66.4 Å². The summed E-state index contributed by atoms with van der Waals surface area (Å²) in [4.78, 5) is 28.7. The number of aromatic nitrogens is 3. The van der Waals surface area contributed by atoms with Gasteiger partial charge in [0.2, 0.25) is 0 Å². The number of rotatable bonds is 12. The van der Waals surface area contributed by atoms with Crippen molar-refractivity contribution in [2.45, 2.75) is 97.8 Å². The highest BCUT2D eigenvalue weighted by molar-refractivity contribution is 6.76. The summed E-state index contributed by atoms with van der Waals surface area (Å²) in [5.41, 5.74) is 1.59. The van der Waals surface area contributed by atoms with Crippen molar-refractivity contribution in [3.05, 3.63) is 68.4 Å². The molecule has 0 spiro atoms. The average molecular weight is 587 g/mol. The van der Waals surface area contributed by atoms with Crippen LogP contribution in [0.1, 0.15) is 52.1 Å². The maximum Gasteiger partial charge on any atom is 0.334 e. The van der Waals surface area contributed by atoms with Gasteiger partial charge in [-0.3, -0.25) is 14.9 Å². The molecule has 0 saturated heterocycles. The Kier molecular flexibility index (Phi) is 9.65. The molecule has 0 bridgehead atoms. The first-order valence-corrected chi connectivity index (χ1v) is 20.6. The van der Waals surface area contributed by atoms with E-state index in [-0.39, 0.29) is 30.3 Å². The van der Waals surface area contributed by atoms with Gasteiger partial charge in [-0.15, -0.1) is 0 Å². The van der Waals surface area contributed by atoms with Crippen molar-refractivity contribution in [1.29, 1.82) is 0 Å². The maximum absolute atomic E-state index is 12.9. The molecule has 0 fully saturated rings. The minimum absolute atomic E-state index is 0.0476. The molecular formula is C29H46N4O5Si2. The molecule has 3 rings (SSSR count). The normalized spacial score (nSPS) is 13.8. The number of nitrogens with zero attached hydrogens (tertiary/aromatic N) is 4. The van der Waals surface area contributed by atoms with Crippen molar-refractivity contribution in [3.63, 3.8) is 0 Å². The predicted molar refractivity (Wildman–Crippen MR) is 166 cm³/mol. The molecule has 11 heteroatoms. The van der Waals surface area contributed by atoms with Crippen LogP contribution in [0.2, 0.25) is 43.8 Å². The number of fused-ring (bicyclic) bond motifs is 1. The van der Waals surface area contributed by atoms with Crippen molar-refractivity contribution in [1.82, 2.24) is 14.1 Å². The van der Waals surface area contributed by atoms with Crippen molar-refractivity contribution in [2.24, 2.45) is 5.92 Å². The van der Waals surface area contributed by atoms with Gasteiger partial charge in [-0.05, 0) is 42.2 Å². The summed E-state index contributed by atoms with van der Waals surface area (Å²) in [7, 11) is -3.38. The second-order valence-corrected chi connectivity index (χ2v) is 24.0. The number of nitro groups is 1. The van der Waals surface area contributed by atoms with E-state index in [0.717, 1.165) is 22.6 Å². The lowest BCUT2D eigenvalue weighted by molar-refractivity contribution is -0.386. The summed E-state index contributed by atoms with van der Waals surface area (Å²) in [6.07, 6.45) is 1.40. The molecule has 1 aromatic carbocycles. The van der Waals surface area contributed by atoms with Gasteiger partial charge in [-0.2, -0.15) is 0 Å².